The number of carbonyl (C=O) groups excluding carboxylic acids is 1. The standard InChI is InChI=1S/C19H27ClN2O4/c20-16-4-1-3-15(11-16)19(24)22-8-6-21(7-9-22)12-17(23)13-25-14-18-5-2-10-26-18/h1,3-4,11,17-18,23H,2,5-10,12-14H2. The lowest BCUT2D eigenvalue weighted by molar-refractivity contribution is -0.0279. The highest BCUT2D eigenvalue weighted by Gasteiger charge is 2.24. The molecule has 0 saturated carbocycles. The number of carbonyl (C=O) groups is 1. The lowest BCUT2D eigenvalue weighted by atomic mass is 10.2. The van der Waals surface area contributed by atoms with E-state index in [2.05, 4.69) is 4.90 Å². The third-order valence-electron chi connectivity index (χ3n) is 4.84. The largest absolute Gasteiger partial charge is 0.389 e. The zero-order chi connectivity index (χ0) is 18.4. The third-order valence-corrected chi connectivity index (χ3v) is 5.07. The summed E-state index contributed by atoms with van der Waals surface area (Å²) in [6.07, 6.45) is 1.79. The highest BCUT2D eigenvalue weighted by molar-refractivity contribution is 6.30. The molecule has 1 aromatic carbocycles. The van der Waals surface area contributed by atoms with Crippen molar-refractivity contribution in [2.24, 2.45) is 0 Å². The van der Waals surface area contributed by atoms with Crippen LogP contribution in [0.25, 0.3) is 0 Å². The monoisotopic (exact) mass is 382 g/mol. The molecule has 0 bridgehead atoms. The molecule has 2 atom stereocenters. The van der Waals surface area contributed by atoms with Crippen LogP contribution in [0.4, 0.5) is 0 Å². The summed E-state index contributed by atoms with van der Waals surface area (Å²) >= 11 is 5.96. The average molecular weight is 383 g/mol. The molecule has 2 unspecified atom stereocenters. The second-order valence-electron chi connectivity index (χ2n) is 6.93. The Labute approximate surface area is 159 Å². The number of ether oxygens (including phenoxy) is 2. The van der Waals surface area contributed by atoms with E-state index in [0.717, 1.165) is 32.5 Å². The van der Waals surface area contributed by atoms with Crippen molar-refractivity contribution in [3.8, 4) is 0 Å². The molecule has 26 heavy (non-hydrogen) atoms. The first-order chi connectivity index (χ1) is 12.6. The highest BCUT2D eigenvalue weighted by atomic mass is 35.5. The first-order valence-electron chi connectivity index (χ1n) is 9.26. The van der Waals surface area contributed by atoms with Gasteiger partial charge in [0.1, 0.15) is 0 Å². The minimum atomic E-state index is -0.522. The Morgan fingerprint density at radius 1 is 1.35 bits per heavy atom. The van der Waals surface area contributed by atoms with Gasteiger partial charge in [-0.25, -0.2) is 0 Å². The molecule has 3 rings (SSSR count). The van der Waals surface area contributed by atoms with Crippen LogP contribution in [0.5, 0.6) is 0 Å². The Bertz CT molecular complexity index is 587. The molecule has 2 heterocycles. The van der Waals surface area contributed by atoms with Gasteiger partial charge in [0.2, 0.25) is 0 Å². The van der Waals surface area contributed by atoms with Crippen molar-refractivity contribution >= 4 is 17.5 Å². The molecule has 2 fully saturated rings. The van der Waals surface area contributed by atoms with Crippen molar-refractivity contribution < 1.29 is 19.4 Å². The molecule has 144 valence electrons. The summed E-state index contributed by atoms with van der Waals surface area (Å²) in [6.45, 7) is 5.04. The molecule has 2 aliphatic rings. The smallest absolute Gasteiger partial charge is 0.253 e. The molecule has 0 radical (unpaired) electrons. The summed E-state index contributed by atoms with van der Waals surface area (Å²) in [5, 5.41) is 10.7. The van der Waals surface area contributed by atoms with Gasteiger partial charge in [-0.15, -0.1) is 0 Å². The van der Waals surface area contributed by atoms with E-state index in [1.54, 1.807) is 24.3 Å². The number of hydrogen-bond acceptors (Lipinski definition) is 5. The van der Waals surface area contributed by atoms with E-state index in [-0.39, 0.29) is 12.0 Å². The van der Waals surface area contributed by atoms with Crippen LogP contribution in [0, 0.1) is 0 Å². The Hall–Kier alpha value is -1.18. The van der Waals surface area contributed by atoms with E-state index >= 15 is 0 Å². The summed E-state index contributed by atoms with van der Waals surface area (Å²) in [5.74, 6) is 0.00703. The second-order valence-corrected chi connectivity index (χ2v) is 7.37. The fourth-order valence-corrected chi connectivity index (χ4v) is 3.59. The predicted octanol–water partition coefficient (Wildman–Crippen LogP) is 1.65. The van der Waals surface area contributed by atoms with Gasteiger partial charge in [0.15, 0.2) is 0 Å². The maximum atomic E-state index is 12.5. The van der Waals surface area contributed by atoms with Gasteiger partial charge < -0.3 is 19.5 Å². The number of hydrogen-bond donors (Lipinski definition) is 1. The SMILES string of the molecule is O=C(c1cccc(Cl)c1)N1CCN(CC(O)COCC2CCCO2)CC1. The number of amides is 1. The molecular formula is C19H27ClN2O4. The Kier molecular flexibility index (Phi) is 7.28. The minimum Gasteiger partial charge on any atom is -0.389 e. The fraction of sp³-hybridized carbons (Fsp3) is 0.632. The lowest BCUT2D eigenvalue weighted by Crippen LogP contribution is -2.50. The van der Waals surface area contributed by atoms with Gasteiger partial charge in [-0.1, -0.05) is 17.7 Å². The zero-order valence-corrected chi connectivity index (χ0v) is 15.7. The van der Waals surface area contributed by atoms with Gasteiger partial charge in [-0.2, -0.15) is 0 Å². The van der Waals surface area contributed by atoms with E-state index in [1.165, 1.54) is 0 Å². The molecule has 1 amide bonds. The van der Waals surface area contributed by atoms with Crippen molar-refractivity contribution in [2.45, 2.75) is 25.0 Å². The Morgan fingerprint density at radius 3 is 2.85 bits per heavy atom. The van der Waals surface area contributed by atoms with Crippen LogP contribution in [0.3, 0.4) is 0 Å². The number of benzene rings is 1. The fourth-order valence-electron chi connectivity index (χ4n) is 3.40. The number of rotatable bonds is 7. The molecule has 6 nitrogen and oxygen atoms in total. The highest BCUT2D eigenvalue weighted by Crippen LogP contribution is 2.15. The summed E-state index contributed by atoms with van der Waals surface area (Å²) in [4.78, 5) is 16.5. The van der Waals surface area contributed by atoms with Crippen molar-refractivity contribution in [3.05, 3.63) is 34.9 Å². The quantitative estimate of drug-likeness (QED) is 0.777. The molecule has 0 aromatic heterocycles. The van der Waals surface area contributed by atoms with Crippen molar-refractivity contribution in [1.82, 2.24) is 9.80 Å². The van der Waals surface area contributed by atoms with Crippen LogP contribution in [-0.2, 0) is 9.47 Å². The number of aliphatic hydroxyl groups excluding tert-OH is 1. The molecule has 0 aliphatic carbocycles. The normalized spacial score (nSPS) is 22.5. The second kappa shape index (κ2) is 9.67. The minimum absolute atomic E-state index is 0.00703. The van der Waals surface area contributed by atoms with Gasteiger partial charge in [0.25, 0.3) is 5.91 Å². The topological polar surface area (TPSA) is 62.2 Å². The summed E-state index contributed by atoms with van der Waals surface area (Å²) in [5.41, 5.74) is 0.619. The number of halogens is 1. The van der Waals surface area contributed by atoms with Gasteiger partial charge >= 0.3 is 0 Å². The maximum absolute atomic E-state index is 12.5. The predicted molar refractivity (Wildman–Crippen MR) is 99.6 cm³/mol. The molecular weight excluding hydrogens is 356 g/mol. The van der Waals surface area contributed by atoms with Gasteiger partial charge in [0, 0.05) is 49.9 Å². The Morgan fingerprint density at radius 2 is 2.15 bits per heavy atom. The Balaban J connectivity index is 1.35. The average Bonchev–Trinajstić information content (AvgIpc) is 3.15. The van der Waals surface area contributed by atoms with E-state index < -0.39 is 6.10 Å². The van der Waals surface area contributed by atoms with Gasteiger partial charge in [-0.05, 0) is 31.0 Å². The van der Waals surface area contributed by atoms with Crippen molar-refractivity contribution in [3.63, 3.8) is 0 Å². The number of piperazine rings is 1. The number of β-amino-alcohol motifs (C(OH)–C–C–N with tert-alkyl or cyclic N) is 1. The maximum Gasteiger partial charge on any atom is 0.253 e. The number of aliphatic hydroxyl groups is 1. The molecule has 1 aromatic rings. The lowest BCUT2D eigenvalue weighted by Gasteiger charge is -2.35. The molecule has 7 heteroatoms. The van der Waals surface area contributed by atoms with E-state index in [1.807, 2.05) is 4.90 Å². The van der Waals surface area contributed by atoms with Crippen molar-refractivity contribution in [1.29, 1.82) is 0 Å². The van der Waals surface area contributed by atoms with E-state index in [9.17, 15) is 9.90 Å². The van der Waals surface area contributed by atoms with Gasteiger partial charge in [0.05, 0.1) is 25.4 Å². The molecule has 1 N–H and O–H groups in total. The molecule has 2 aliphatic heterocycles. The van der Waals surface area contributed by atoms with Gasteiger partial charge in [-0.3, -0.25) is 9.69 Å². The van der Waals surface area contributed by atoms with Crippen LogP contribution >= 0.6 is 11.6 Å². The van der Waals surface area contributed by atoms with E-state index in [4.69, 9.17) is 21.1 Å². The first-order valence-corrected chi connectivity index (χ1v) is 9.64. The van der Waals surface area contributed by atoms with Crippen LogP contribution < -0.4 is 0 Å². The van der Waals surface area contributed by atoms with Crippen LogP contribution in [0.1, 0.15) is 23.2 Å². The molecule has 2 saturated heterocycles. The van der Waals surface area contributed by atoms with Crippen LogP contribution in [-0.4, -0.2) is 85.6 Å². The van der Waals surface area contributed by atoms with Crippen LogP contribution in [0.2, 0.25) is 5.02 Å². The number of nitrogens with zero attached hydrogens (tertiary/aromatic N) is 2. The summed E-state index contributed by atoms with van der Waals surface area (Å²) in [7, 11) is 0. The third kappa shape index (κ3) is 5.66. The summed E-state index contributed by atoms with van der Waals surface area (Å²) < 4.78 is 11.1. The van der Waals surface area contributed by atoms with E-state index in [0.29, 0.717) is 43.4 Å². The molecule has 0 spiro atoms. The van der Waals surface area contributed by atoms with Crippen molar-refractivity contribution in [2.75, 3.05) is 52.5 Å². The first kappa shape index (κ1) is 19.6. The summed E-state index contributed by atoms with van der Waals surface area (Å²) in [6, 6.07) is 7.04. The van der Waals surface area contributed by atoms with Crippen LogP contribution in [0.15, 0.2) is 24.3 Å². The zero-order valence-electron chi connectivity index (χ0n) is 15.0.